The Hall–Kier alpha value is -4.60. The third-order valence-electron chi connectivity index (χ3n) is 17.4. The van der Waals surface area contributed by atoms with Gasteiger partial charge in [-0.25, -0.2) is 9.48 Å². The summed E-state index contributed by atoms with van der Waals surface area (Å²) in [6, 6.07) is 7.26. The van der Waals surface area contributed by atoms with Crippen LogP contribution >= 0.6 is 0 Å². The molecule has 4 fully saturated rings. The zero-order valence-electron chi connectivity index (χ0n) is 39.1. The Bertz CT molecular complexity index is 2460. The predicted molar refractivity (Wildman–Crippen MR) is 241 cm³/mol. The number of allylic oxidation sites excluding steroid dienone is 1. The van der Waals surface area contributed by atoms with Crippen molar-refractivity contribution in [3.05, 3.63) is 88.4 Å². The zero-order valence-corrected chi connectivity index (χ0v) is 39.1. The molecular weight excluding hydrogens is 827 g/mol. The van der Waals surface area contributed by atoms with Crippen LogP contribution in [-0.2, 0) is 39.8 Å². The van der Waals surface area contributed by atoms with Gasteiger partial charge in [0.25, 0.3) is 0 Å². The summed E-state index contributed by atoms with van der Waals surface area (Å²) in [6.07, 6.45) is 12.4. The highest BCUT2D eigenvalue weighted by atomic mass is 16.6. The first-order chi connectivity index (χ1) is 31.1. The molecule has 1 aromatic carbocycles. The Morgan fingerprint density at radius 1 is 0.969 bits per heavy atom. The number of ether oxygens (including phenoxy) is 4. The maximum absolute atomic E-state index is 15.7. The van der Waals surface area contributed by atoms with E-state index in [0.29, 0.717) is 64.6 Å². The molecule has 10 rings (SSSR count). The van der Waals surface area contributed by atoms with Gasteiger partial charge in [-0.3, -0.25) is 19.4 Å². The number of hydrogen-bond donors (Lipinski definition) is 2. The first-order valence-corrected chi connectivity index (χ1v) is 23.6. The number of aromatic nitrogens is 2. The maximum atomic E-state index is 15.7. The predicted octanol–water partition coefficient (Wildman–Crippen LogP) is 4.55. The van der Waals surface area contributed by atoms with Gasteiger partial charge in [-0.2, -0.15) is 5.10 Å². The summed E-state index contributed by atoms with van der Waals surface area (Å²) in [7, 11) is 6.33. The van der Waals surface area contributed by atoms with Crippen molar-refractivity contribution >= 4 is 23.5 Å². The fourth-order valence-electron chi connectivity index (χ4n) is 15.1. The highest BCUT2D eigenvalue weighted by molar-refractivity contribution is 5.90. The largest absolute Gasteiger partial charge is 0.468 e. The monoisotopic (exact) mass is 891 g/mol. The second-order valence-electron chi connectivity index (χ2n) is 20.4. The molecule has 2 bridgehead atoms. The van der Waals surface area contributed by atoms with Crippen LogP contribution in [0.5, 0.6) is 0 Å². The van der Waals surface area contributed by atoms with Crippen LogP contribution in [0.3, 0.4) is 0 Å². The Morgan fingerprint density at radius 2 is 1.75 bits per heavy atom. The van der Waals surface area contributed by atoms with Crippen molar-refractivity contribution < 1.29 is 43.5 Å². The number of carbonyl (C=O) groups is 3. The average Bonchev–Trinajstić information content (AvgIpc) is 4.08. The van der Waals surface area contributed by atoms with Crippen LogP contribution in [0.1, 0.15) is 76.1 Å². The summed E-state index contributed by atoms with van der Waals surface area (Å²) in [5, 5.41) is 30.4. The quantitative estimate of drug-likeness (QED) is 0.217. The normalized spacial score (nSPS) is 39.1. The van der Waals surface area contributed by atoms with E-state index in [1.807, 2.05) is 49.7 Å². The summed E-state index contributed by atoms with van der Waals surface area (Å²) in [5.41, 5.74) is 1.61. The number of likely N-dealkylation sites (tertiary alicyclic amines) is 1. The highest BCUT2D eigenvalue weighted by Gasteiger charge is 2.81. The molecule has 1 saturated carbocycles. The number of esters is 3. The standard InChI is InChI=1S/C51H65N5O9/c1-9-47(60)26-32-27-50(45(58)63-7,37-22-33-12-13-34(56-20-14-30(3)52-56)23-36(33)35(37)15-19-54(28-32)29-47)39-24-38-40(25-41(39)62-6)53(5)43-49(38)17-21-55-18-11-16-48(10-2,42(49)55)44(65-31(4)57)51(43,61)46(59)64-8/h11-14,16,20,23-25,32,39,41-44,60-61H,9-10,15,17-19,21-22,26-29H2,1-8H3/t32-,39?,41?,42+,43-,44-,47+,48-,49-,50-,51+/m1/s1. The van der Waals surface area contributed by atoms with Gasteiger partial charge in [-0.1, -0.05) is 38.1 Å². The summed E-state index contributed by atoms with van der Waals surface area (Å²) in [5.74, 6) is -2.47. The van der Waals surface area contributed by atoms with E-state index in [2.05, 4.69) is 52.3 Å². The Kier molecular flexibility index (Phi) is 10.5. The number of benzene rings is 1. The molecule has 1 spiro atoms. The molecule has 3 aliphatic carbocycles. The molecule has 14 heteroatoms. The number of aryl methyl sites for hydroxylation is 1. The van der Waals surface area contributed by atoms with Crippen LogP contribution in [-0.4, -0.2) is 149 Å². The summed E-state index contributed by atoms with van der Waals surface area (Å²) < 4.78 is 26.3. The lowest BCUT2D eigenvalue weighted by Crippen LogP contribution is -2.79. The Labute approximate surface area is 381 Å². The molecule has 0 amide bonds. The van der Waals surface area contributed by atoms with E-state index in [4.69, 9.17) is 24.0 Å². The molecule has 12 atom stereocenters. The second-order valence-corrected chi connectivity index (χ2v) is 20.4. The van der Waals surface area contributed by atoms with Crippen molar-refractivity contribution in [3.63, 3.8) is 0 Å². The van der Waals surface area contributed by atoms with E-state index in [-0.39, 0.29) is 17.9 Å². The van der Waals surface area contributed by atoms with E-state index in [9.17, 15) is 19.8 Å². The van der Waals surface area contributed by atoms with Gasteiger partial charge >= 0.3 is 17.9 Å². The van der Waals surface area contributed by atoms with Gasteiger partial charge in [0.15, 0.2) is 6.10 Å². The first kappa shape index (κ1) is 44.2. The fourth-order valence-corrected chi connectivity index (χ4v) is 15.1. The van der Waals surface area contributed by atoms with E-state index in [1.165, 1.54) is 21.1 Å². The highest BCUT2D eigenvalue weighted by Crippen LogP contribution is 2.71. The molecule has 3 saturated heterocycles. The van der Waals surface area contributed by atoms with Gasteiger partial charge < -0.3 is 34.1 Å². The van der Waals surface area contributed by atoms with Crippen LogP contribution in [0.2, 0.25) is 0 Å². The van der Waals surface area contributed by atoms with Crippen molar-refractivity contribution in [1.82, 2.24) is 24.5 Å². The first-order valence-electron chi connectivity index (χ1n) is 23.6. The van der Waals surface area contributed by atoms with Crippen LogP contribution in [0.15, 0.2) is 71.6 Å². The number of nitrogens with zero attached hydrogens (tertiary/aromatic N) is 5. The number of methoxy groups -OCH3 is 3. The summed E-state index contributed by atoms with van der Waals surface area (Å²) in [4.78, 5) is 50.1. The van der Waals surface area contributed by atoms with E-state index in [0.717, 1.165) is 58.0 Å². The lowest BCUT2D eigenvalue weighted by atomic mass is 9.47. The molecule has 2 aromatic rings. The van der Waals surface area contributed by atoms with Crippen molar-refractivity contribution in [1.29, 1.82) is 0 Å². The average molecular weight is 892 g/mol. The summed E-state index contributed by atoms with van der Waals surface area (Å²) >= 11 is 0. The van der Waals surface area contributed by atoms with E-state index in [1.54, 1.807) is 7.11 Å². The van der Waals surface area contributed by atoms with E-state index < -0.39 is 63.6 Å². The third kappa shape index (κ3) is 6.01. The molecular formula is C51H65N5O9. The maximum Gasteiger partial charge on any atom is 0.344 e. The molecule has 8 aliphatic rings. The lowest BCUT2D eigenvalue weighted by molar-refractivity contribution is -0.243. The molecule has 348 valence electrons. The minimum Gasteiger partial charge on any atom is -0.468 e. The van der Waals surface area contributed by atoms with Gasteiger partial charge in [0.2, 0.25) is 5.60 Å². The van der Waals surface area contributed by atoms with Crippen molar-refractivity contribution in [3.8, 4) is 5.69 Å². The number of rotatable bonds is 8. The number of hydrogen-bond acceptors (Lipinski definition) is 13. The number of fused-ring (bicyclic) bond motifs is 5. The number of carbonyl (C=O) groups excluding carboxylic acids is 3. The van der Waals surface area contributed by atoms with Gasteiger partial charge in [-0.05, 0) is 116 Å². The van der Waals surface area contributed by atoms with Gasteiger partial charge in [0.05, 0.1) is 48.8 Å². The van der Waals surface area contributed by atoms with Crippen LogP contribution < -0.4 is 0 Å². The topological polar surface area (TPSA) is 156 Å². The molecule has 6 heterocycles. The SMILES string of the molecule is CC[C@]1(O)C[C@H]2CN(CCC3=C(Cc4ccc(-n5ccc(C)n5)cc43)[C@@](C(=O)OC)(C3C=C4C(=CC3OC)N(C)[C@H]3[C@@](O)(C(=O)OC)[C@H](OC(C)=O)[C@]5(CC)C=CCN6CC[C@]43[C@@H]65)C2)C1. The molecule has 5 aliphatic heterocycles. The number of likely N-dealkylation sites (N-methyl/N-ethyl adjacent to an activating group) is 1. The van der Waals surface area contributed by atoms with Gasteiger partial charge in [-0.15, -0.1) is 0 Å². The third-order valence-corrected chi connectivity index (χ3v) is 17.4. The van der Waals surface area contributed by atoms with Crippen LogP contribution in [0.25, 0.3) is 11.3 Å². The van der Waals surface area contributed by atoms with Gasteiger partial charge in [0.1, 0.15) is 0 Å². The minimum absolute atomic E-state index is 0.0637. The number of piperidine rings is 1. The Balaban J connectivity index is 1.23. The summed E-state index contributed by atoms with van der Waals surface area (Å²) in [6.45, 7) is 10.7. The zero-order chi connectivity index (χ0) is 46.0. The van der Waals surface area contributed by atoms with Crippen molar-refractivity contribution in [2.45, 2.75) is 108 Å². The Morgan fingerprint density at radius 3 is 2.43 bits per heavy atom. The van der Waals surface area contributed by atoms with Gasteiger partial charge in [0, 0.05) is 81.9 Å². The molecule has 65 heavy (non-hydrogen) atoms. The molecule has 0 radical (unpaired) electrons. The van der Waals surface area contributed by atoms with E-state index >= 15 is 4.79 Å². The fraction of sp³-hybridized carbons (Fsp3) is 0.608. The molecule has 1 aromatic heterocycles. The van der Waals surface area contributed by atoms with Crippen molar-refractivity contribution in [2.75, 3.05) is 61.1 Å². The molecule has 14 nitrogen and oxygen atoms in total. The smallest absolute Gasteiger partial charge is 0.344 e. The van der Waals surface area contributed by atoms with Crippen LogP contribution in [0, 0.1) is 35.0 Å². The minimum atomic E-state index is -2.29. The van der Waals surface area contributed by atoms with Crippen molar-refractivity contribution in [2.24, 2.45) is 28.1 Å². The number of aliphatic hydroxyl groups is 2. The second kappa shape index (κ2) is 15.5. The molecule has 2 N–H and O–H groups in total. The lowest BCUT2D eigenvalue weighted by Gasteiger charge is -2.63. The van der Waals surface area contributed by atoms with Crippen LogP contribution in [0.4, 0.5) is 0 Å². The molecule has 3 unspecified atom stereocenters.